The number of halogens is 3. The van der Waals surface area contributed by atoms with Crippen molar-refractivity contribution in [3.05, 3.63) is 131 Å². The van der Waals surface area contributed by atoms with E-state index in [4.69, 9.17) is 34.4 Å². The Morgan fingerprint density at radius 1 is 0.588 bits per heavy atom. The van der Waals surface area contributed by atoms with Crippen LogP contribution in [0.25, 0.3) is 0 Å². The van der Waals surface area contributed by atoms with Gasteiger partial charge in [-0.2, -0.15) is 0 Å². The third-order valence-corrected chi connectivity index (χ3v) is 13.5. The van der Waals surface area contributed by atoms with Crippen molar-refractivity contribution in [2.45, 2.75) is 0 Å². The van der Waals surface area contributed by atoms with Gasteiger partial charge < -0.3 is 0 Å². The Balaban J connectivity index is 2.00. The van der Waals surface area contributed by atoms with E-state index in [1.165, 1.54) is 0 Å². The predicted molar refractivity (Wildman–Crippen MR) is 148 cm³/mol. The van der Waals surface area contributed by atoms with Crippen LogP contribution in [0, 0.1) is 0 Å². The molecule has 172 valence electrons. The van der Waals surface area contributed by atoms with E-state index in [1.54, 1.807) is 12.1 Å². The van der Waals surface area contributed by atoms with E-state index >= 15 is 0 Å². The van der Waals surface area contributed by atoms with Crippen LogP contribution in [0.3, 0.4) is 0 Å². The summed E-state index contributed by atoms with van der Waals surface area (Å²) in [4.78, 5) is 13.2. The van der Waals surface area contributed by atoms with Crippen molar-refractivity contribution in [3.63, 3.8) is 0 Å². The van der Waals surface area contributed by atoms with Crippen molar-refractivity contribution in [3.8, 4) is 0 Å². The molecule has 0 saturated carbocycles. The maximum atomic E-state index is 13.2. The first kappa shape index (κ1) is 24.3. The molecule has 0 saturated heterocycles. The molecule has 2 N–H and O–H groups in total. The summed E-state index contributed by atoms with van der Waals surface area (Å²) in [6.07, 6.45) is 0. The Morgan fingerprint density at radius 3 is 1.29 bits per heavy atom. The summed E-state index contributed by atoms with van der Waals surface area (Å²) in [6.45, 7) is 0. The number of carbonyl (C=O) groups is 1. The van der Waals surface area contributed by atoms with Crippen LogP contribution in [-0.4, -0.2) is 6.03 Å². The Morgan fingerprint density at radius 2 is 0.941 bits per heavy atom. The summed E-state index contributed by atoms with van der Waals surface area (Å²) in [5.74, 6) is -4.11. The fourth-order valence-electron chi connectivity index (χ4n) is 4.06. The number of amides is 2. The molecule has 4 aromatic carbocycles. The Kier molecular flexibility index (Phi) is 7.30. The summed E-state index contributed by atoms with van der Waals surface area (Å²) in [7, 11) is 0. The third kappa shape index (κ3) is 4.33. The number of hydrogen-bond acceptors (Lipinski definition) is 1. The van der Waals surface area contributed by atoms with Crippen LogP contribution < -0.4 is 26.5 Å². The minimum atomic E-state index is -4.11. The van der Waals surface area contributed by atoms with E-state index in [9.17, 15) is 4.79 Å². The number of para-hydroxylation sites is 1. The van der Waals surface area contributed by atoms with Crippen LogP contribution >= 0.6 is 40.4 Å². The van der Waals surface area contributed by atoms with Gasteiger partial charge in [-0.25, -0.2) is 0 Å². The minimum absolute atomic E-state index is 0.118. The average molecular weight is 528 g/mol. The van der Waals surface area contributed by atoms with Gasteiger partial charge in [-0.1, -0.05) is 0 Å². The van der Waals surface area contributed by atoms with Gasteiger partial charge in [0.05, 0.1) is 0 Å². The number of benzene rings is 4. The topological polar surface area (TPSA) is 41.1 Å². The molecule has 34 heavy (non-hydrogen) atoms. The molecule has 0 spiro atoms. The van der Waals surface area contributed by atoms with Crippen molar-refractivity contribution in [1.29, 1.82) is 0 Å². The van der Waals surface area contributed by atoms with Gasteiger partial charge in [0.25, 0.3) is 0 Å². The number of carbonyl (C=O) groups excluding carboxylic acids is 1. The SMILES string of the molecule is O=C(NC(=C(Cl)Cl)P(Cl)(c1ccccc1)(c1ccccc1)c1ccccc1)Nc1ccccc1. The van der Waals surface area contributed by atoms with Crippen molar-refractivity contribution in [1.82, 2.24) is 5.32 Å². The number of rotatable bonds is 6. The summed E-state index contributed by atoms with van der Waals surface area (Å²) >= 11 is 21.2. The first-order valence-electron chi connectivity index (χ1n) is 10.5. The number of urea groups is 1. The zero-order valence-corrected chi connectivity index (χ0v) is 21.2. The first-order valence-corrected chi connectivity index (χ1v) is 14.4. The van der Waals surface area contributed by atoms with Gasteiger partial charge in [-0.15, -0.1) is 0 Å². The van der Waals surface area contributed by atoms with Gasteiger partial charge in [-0.05, 0) is 0 Å². The molecule has 0 bridgehead atoms. The van der Waals surface area contributed by atoms with Crippen LogP contribution in [0.4, 0.5) is 10.5 Å². The molecule has 0 aliphatic rings. The molecule has 0 atom stereocenters. The molecule has 0 aliphatic heterocycles. The summed E-state index contributed by atoms with van der Waals surface area (Å²) < 4.78 is -0.118. The maximum absolute atomic E-state index is 13.2. The summed E-state index contributed by atoms with van der Waals surface area (Å²) in [6, 6.07) is 37.5. The molecular formula is C27H22Cl3N2OP. The number of nitrogens with one attached hydrogen (secondary N) is 2. The standard InChI is InChI=1S/C27H22Cl3N2OP/c28-25(29)26(32-27(33)31-21-13-5-1-6-14-21)34(30,22-15-7-2-8-16-22,23-17-9-3-10-18-23)24-19-11-4-12-20-24/h1-20H,(H2,31,32,33). The fourth-order valence-corrected chi connectivity index (χ4v) is 11.3. The second kappa shape index (κ2) is 10.2. The Hall–Kier alpha value is -2.81. The van der Waals surface area contributed by atoms with Crippen LogP contribution in [0.1, 0.15) is 0 Å². The van der Waals surface area contributed by atoms with Crippen molar-refractivity contribution >= 4 is 68.0 Å². The quantitative estimate of drug-likeness (QED) is 0.258. The van der Waals surface area contributed by atoms with Gasteiger partial charge in [0.2, 0.25) is 0 Å². The molecule has 0 heterocycles. The Bertz CT molecular complexity index is 1200. The van der Waals surface area contributed by atoms with Crippen LogP contribution in [0.15, 0.2) is 131 Å². The second-order valence-electron chi connectivity index (χ2n) is 7.57. The first-order chi connectivity index (χ1) is 16.4. The molecule has 0 radical (unpaired) electrons. The Labute approximate surface area is 214 Å². The third-order valence-electron chi connectivity index (χ3n) is 5.59. The molecule has 7 heteroatoms. The fraction of sp³-hybridized carbons (Fsp3) is 0. The zero-order chi connectivity index (χ0) is 24.0. The molecule has 0 aliphatic carbocycles. The molecule has 0 unspecified atom stereocenters. The van der Waals surface area contributed by atoms with E-state index in [0.717, 1.165) is 15.9 Å². The van der Waals surface area contributed by atoms with E-state index < -0.39 is 12.0 Å². The molecule has 4 rings (SSSR count). The van der Waals surface area contributed by atoms with Gasteiger partial charge in [0, 0.05) is 0 Å². The molecular weight excluding hydrogens is 506 g/mol. The monoisotopic (exact) mass is 526 g/mol. The van der Waals surface area contributed by atoms with Crippen LogP contribution in [-0.2, 0) is 0 Å². The van der Waals surface area contributed by atoms with Crippen LogP contribution in [0.5, 0.6) is 0 Å². The predicted octanol–water partition coefficient (Wildman–Crippen LogP) is 7.10. The van der Waals surface area contributed by atoms with E-state index in [2.05, 4.69) is 10.6 Å². The molecule has 4 aromatic rings. The normalized spacial score (nSPS) is 12.1. The van der Waals surface area contributed by atoms with Crippen molar-refractivity contribution in [2.24, 2.45) is 0 Å². The molecule has 2 amide bonds. The molecule has 3 nitrogen and oxygen atoms in total. The van der Waals surface area contributed by atoms with E-state index in [0.29, 0.717) is 5.69 Å². The van der Waals surface area contributed by atoms with E-state index in [-0.39, 0.29) is 9.93 Å². The summed E-state index contributed by atoms with van der Waals surface area (Å²) in [5.41, 5.74) is 0.868. The summed E-state index contributed by atoms with van der Waals surface area (Å²) in [5, 5.41) is 8.14. The van der Waals surface area contributed by atoms with Gasteiger partial charge in [-0.3, -0.25) is 0 Å². The second-order valence-corrected chi connectivity index (χ2v) is 14.6. The van der Waals surface area contributed by atoms with Crippen LogP contribution in [0.2, 0.25) is 0 Å². The average Bonchev–Trinajstić information content (AvgIpc) is 2.89. The van der Waals surface area contributed by atoms with E-state index in [1.807, 2.05) is 109 Å². The van der Waals surface area contributed by atoms with Crippen molar-refractivity contribution < 1.29 is 4.79 Å². The number of anilines is 1. The van der Waals surface area contributed by atoms with Gasteiger partial charge >= 0.3 is 215 Å². The zero-order valence-electron chi connectivity index (χ0n) is 18.0. The van der Waals surface area contributed by atoms with Crippen molar-refractivity contribution in [2.75, 3.05) is 5.32 Å². The molecule has 0 fully saturated rings. The van der Waals surface area contributed by atoms with Gasteiger partial charge in [0.15, 0.2) is 0 Å². The molecule has 0 aromatic heterocycles. The number of hydrogen-bond donors (Lipinski definition) is 2. The van der Waals surface area contributed by atoms with Gasteiger partial charge in [0.1, 0.15) is 0 Å².